The molecule has 30 heavy (non-hydrogen) atoms. The number of rotatable bonds is 5. The molecule has 0 bridgehead atoms. The van der Waals surface area contributed by atoms with E-state index in [1.165, 1.54) is 12.1 Å². The Kier molecular flexibility index (Phi) is 5.19. The fourth-order valence-corrected chi connectivity index (χ4v) is 3.92. The highest BCUT2D eigenvalue weighted by Gasteiger charge is 2.30. The summed E-state index contributed by atoms with van der Waals surface area (Å²) in [5.74, 6) is 1.07. The van der Waals surface area contributed by atoms with Crippen LogP contribution < -0.4 is 5.32 Å². The van der Waals surface area contributed by atoms with Crippen LogP contribution in [0.4, 0.5) is 18.9 Å². The predicted molar refractivity (Wildman–Crippen MR) is 108 cm³/mol. The summed E-state index contributed by atoms with van der Waals surface area (Å²) >= 11 is 1.16. The van der Waals surface area contributed by atoms with Crippen molar-refractivity contribution in [3.8, 4) is 0 Å². The molecule has 0 aliphatic rings. The Bertz CT molecular complexity index is 1250. The predicted octanol–water partition coefficient (Wildman–Crippen LogP) is 5.10. The van der Waals surface area contributed by atoms with Gasteiger partial charge in [-0.1, -0.05) is 24.8 Å². The maximum Gasteiger partial charge on any atom is 0.416 e. The van der Waals surface area contributed by atoms with Gasteiger partial charge in [0, 0.05) is 24.2 Å². The molecule has 0 spiro atoms. The van der Waals surface area contributed by atoms with Crippen LogP contribution in [-0.2, 0) is 17.4 Å². The van der Waals surface area contributed by atoms with Gasteiger partial charge in [-0.2, -0.15) is 13.2 Å². The topological polar surface area (TPSA) is 72.4 Å². The summed E-state index contributed by atoms with van der Waals surface area (Å²) in [6.45, 7) is 3.83. The average Bonchev–Trinajstić information content (AvgIpc) is 3.22. The van der Waals surface area contributed by atoms with Crippen LogP contribution in [-0.4, -0.2) is 26.3 Å². The third kappa shape index (κ3) is 3.87. The average molecular weight is 434 g/mol. The number of nitrogens with one attached hydrogen (secondary N) is 1. The minimum absolute atomic E-state index is 0.0301. The number of furan rings is 1. The van der Waals surface area contributed by atoms with Gasteiger partial charge in [-0.05, 0) is 25.1 Å². The molecular weight excluding hydrogens is 417 g/mol. The first-order valence-electron chi connectivity index (χ1n) is 9.13. The van der Waals surface area contributed by atoms with Crippen molar-refractivity contribution in [1.29, 1.82) is 0 Å². The Morgan fingerprint density at radius 3 is 2.73 bits per heavy atom. The van der Waals surface area contributed by atoms with Gasteiger partial charge in [-0.3, -0.25) is 9.20 Å². The van der Waals surface area contributed by atoms with E-state index in [0.717, 1.165) is 46.5 Å². The fourth-order valence-electron chi connectivity index (χ4n) is 3.19. The third-order valence-corrected chi connectivity index (χ3v) is 5.45. The van der Waals surface area contributed by atoms with Crippen LogP contribution >= 0.6 is 11.8 Å². The van der Waals surface area contributed by atoms with Gasteiger partial charge in [0.2, 0.25) is 5.91 Å². The molecule has 0 unspecified atom stereocenters. The van der Waals surface area contributed by atoms with Gasteiger partial charge >= 0.3 is 6.18 Å². The van der Waals surface area contributed by atoms with E-state index >= 15 is 0 Å². The third-order valence-electron chi connectivity index (χ3n) is 4.48. The van der Waals surface area contributed by atoms with Crippen LogP contribution in [0.25, 0.3) is 16.6 Å². The second-order valence-corrected chi connectivity index (χ2v) is 7.63. The monoisotopic (exact) mass is 434 g/mol. The molecule has 0 aliphatic heterocycles. The van der Waals surface area contributed by atoms with Crippen molar-refractivity contribution in [2.75, 3.05) is 11.1 Å². The van der Waals surface area contributed by atoms with Crippen LogP contribution in [0.5, 0.6) is 0 Å². The zero-order valence-electron chi connectivity index (χ0n) is 16.1. The van der Waals surface area contributed by atoms with Crippen LogP contribution in [0.15, 0.2) is 45.8 Å². The number of halogens is 3. The van der Waals surface area contributed by atoms with Crippen molar-refractivity contribution in [2.45, 2.75) is 31.5 Å². The van der Waals surface area contributed by atoms with Crippen molar-refractivity contribution in [3.63, 3.8) is 0 Å². The number of fused-ring (bicyclic) bond motifs is 3. The van der Waals surface area contributed by atoms with Crippen molar-refractivity contribution >= 4 is 40.0 Å². The quantitative estimate of drug-likeness (QED) is 0.443. The summed E-state index contributed by atoms with van der Waals surface area (Å²) in [4.78, 5) is 12.3. The molecule has 4 aromatic rings. The Labute approximate surface area is 173 Å². The van der Waals surface area contributed by atoms with E-state index in [1.54, 1.807) is 0 Å². The van der Waals surface area contributed by atoms with E-state index in [-0.39, 0.29) is 11.4 Å². The minimum Gasteiger partial charge on any atom is -0.460 e. The van der Waals surface area contributed by atoms with Crippen LogP contribution in [0.1, 0.15) is 24.1 Å². The lowest BCUT2D eigenvalue weighted by Gasteiger charge is -2.10. The van der Waals surface area contributed by atoms with E-state index in [1.807, 2.05) is 30.4 Å². The summed E-state index contributed by atoms with van der Waals surface area (Å²) in [5.41, 5.74) is 1.62. The van der Waals surface area contributed by atoms with E-state index in [4.69, 9.17) is 4.42 Å². The number of carbonyl (C=O) groups is 1. The normalized spacial score (nSPS) is 12.0. The Balaban J connectivity index is 1.54. The number of thioether (sulfide) groups is 1. The number of aryl methyl sites for hydroxylation is 2. The molecule has 0 fully saturated rings. The lowest BCUT2D eigenvalue weighted by atomic mass is 10.2. The van der Waals surface area contributed by atoms with Crippen LogP contribution in [0, 0.1) is 6.92 Å². The number of benzene rings is 1. The minimum atomic E-state index is -4.47. The maximum atomic E-state index is 12.8. The zero-order chi connectivity index (χ0) is 21.5. The molecule has 1 N–H and O–H groups in total. The second kappa shape index (κ2) is 7.67. The summed E-state index contributed by atoms with van der Waals surface area (Å²) in [6, 6.07) is 8.29. The number of amides is 1. The SMILES string of the molecule is CCc1nnc(SCC(=O)Nc2cccc(C(F)(F)F)c2)c2cc3oc(C)cc3n12. The van der Waals surface area contributed by atoms with Gasteiger partial charge in [-0.25, -0.2) is 0 Å². The second-order valence-electron chi connectivity index (χ2n) is 6.66. The largest absolute Gasteiger partial charge is 0.460 e. The highest BCUT2D eigenvalue weighted by atomic mass is 32.2. The molecule has 0 radical (unpaired) electrons. The van der Waals surface area contributed by atoms with Gasteiger partial charge in [-0.15, -0.1) is 10.2 Å². The van der Waals surface area contributed by atoms with Gasteiger partial charge in [0.15, 0.2) is 5.58 Å². The van der Waals surface area contributed by atoms with Crippen molar-refractivity contribution in [3.05, 3.63) is 53.5 Å². The summed E-state index contributed by atoms with van der Waals surface area (Å²) in [5, 5.41) is 11.5. The first-order valence-corrected chi connectivity index (χ1v) is 10.1. The first-order chi connectivity index (χ1) is 14.3. The lowest BCUT2D eigenvalue weighted by molar-refractivity contribution is -0.137. The summed E-state index contributed by atoms with van der Waals surface area (Å²) < 4.78 is 46.1. The molecule has 0 saturated carbocycles. The molecular formula is C20H17F3N4O2S. The number of nitrogens with zero attached hydrogens (tertiary/aromatic N) is 3. The Morgan fingerprint density at radius 2 is 2.00 bits per heavy atom. The molecule has 0 aliphatic carbocycles. The van der Waals surface area contributed by atoms with E-state index < -0.39 is 17.6 Å². The summed E-state index contributed by atoms with van der Waals surface area (Å²) in [7, 11) is 0. The van der Waals surface area contributed by atoms with Gasteiger partial charge in [0.1, 0.15) is 16.6 Å². The zero-order valence-corrected chi connectivity index (χ0v) is 16.9. The van der Waals surface area contributed by atoms with Gasteiger partial charge in [0.25, 0.3) is 0 Å². The molecule has 3 aromatic heterocycles. The molecule has 156 valence electrons. The Hall–Kier alpha value is -3.01. The number of alkyl halides is 3. The van der Waals surface area contributed by atoms with E-state index in [0.29, 0.717) is 17.0 Å². The molecule has 4 rings (SSSR count). The standard InChI is InChI=1S/C20H17F3N4O2S/c1-3-17-25-26-19(15-9-16-14(27(15)17)7-11(2)29-16)30-10-18(28)24-13-6-4-5-12(8-13)20(21,22)23/h4-9H,3,10H2,1-2H3,(H,24,28). The highest BCUT2D eigenvalue weighted by Crippen LogP contribution is 2.32. The molecule has 1 aromatic carbocycles. The number of aromatic nitrogens is 3. The van der Waals surface area contributed by atoms with E-state index in [2.05, 4.69) is 15.5 Å². The highest BCUT2D eigenvalue weighted by molar-refractivity contribution is 8.00. The van der Waals surface area contributed by atoms with Crippen molar-refractivity contribution in [1.82, 2.24) is 14.6 Å². The fraction of sp³-hybridized carbons (Fsp3) is 0.250. The molecule has 1 amide bonds. The van der Waals surface area contributed by atoms with Gasteiger partial charge in [0.05, 0.1) is 22.3 Å². The first kappa shape index (κ1) is 20.3. The van der Waals surface area contributed by atoms with Gasteiger partial charge < -0.3 is 9.73 Å². The smallest absolute Gasteiger partial charge is 0.416 e. The van der Waals surface area contributed by atoms with Crippen molar-refractivity contribution in [2.24, 2.45) is 0 Å². The molecule has 0 saturated heterocycles. The van der Waals surface area contributed by atoms with E-state index in [9.17, 15) is 18.0 Å². The van der Waals surface area contributed by atoms with Crippen LogP contribution in [0.2, 0.25) is 0 Å². The molecule has 3 heterocycles. The molecule has 0 atom stereocenters. The lowest BCUT2D eigenvalue weighted by Crippen LogP contribution is -2.15. The Morgan fingerprint density at radius 1 is 1.20 bits per heavy atom. The number of anilines is 1. The number of hydrogen-bond acceptors (Lipinski definition) is 5. The maximum absolute atomic E-state index is 12.8. The van der Waals surface area contributed by atoms with Crippen molar-refractivity contribution < 1.29 is 22.4 Å². The molecule has 10 heteroatoms. The summed E-state index contributed by atoms with van der Waals surface area (Å²) in [6.07, 6.45) is -3.81. The van der Waals surface area contributed by atoms with Crippen LogP contribution in [0.3, 0.4) is 0 Å². The number of carbonyl (C=O) groups excluding carboxylic acids is 1. The number of hydrogen-bond donors (Lipinski definition) is 1. The molecule has 6 nitrogen and oxygen atoms in total.